The molecule has 7 heteroatoms. The molecule has 0 amide bonds. The van der Waals surface area contributed by atoms with Crippen LogP contribution in [0.2, 0.25) is 0 Å². The number of aliphatic hydroxyl groups excluding tert-OH is 1. The van der Waals surface area contributed by atoms with Crippen LogP contribution >= 0.6 is 11.3 Å². The molecule has 3 aromatic rings. The maximum Gasteiger partial charge on any atom is 0.236 e. The molecule has 0 unspecified atom stereocenters. The lowest BCUT2D eigenvalue weighted by Gasteiger charge is -2.10. The van der Waals surface area contributed by atoms with Crippen LogP contribution in [0.25, 0.3) is 10.8 Å². The van der Waals surface area contributed by atoms with Gasteiger partial charge in [0.2, 0.25) is 5.89 Å². The molecule has 0 spiro atoms. The van der Waals surface area contributed by atoms with Crippen LogP contribution in [-0.4, -0.2) is 24.3 Å². The van der Waals surface area contributed by atoms with Crippen molar-refractivity contribution < 1.29 is 17.9 Å². The summed E-state index contributed by atoms with van der Waals surface area (Å²) in [6, 6.07) is 12.5. The van der Waals surface area contributed by atoms with Gasteiger partial charge in [0.25, 0.3) is 0 Å². The van der Waals surface area contributed by atoms with Crippen molar-refractivity contribution >= 4 is 21.2 Å². The molecule has 0 aliphatic heterocycles. The molecular formula is C16H15NO4S2. The maximum atomic E-state index is 12.2. The quantitative estimate of drug-likeness (QED) is 0.740. The molecule has 5 nitrogen and oxygen atoms in total. The fraction of sp³-hybridized carbons (Fsp3) is 0.188. The molecule has 2 heterocycles. The second kappa shape index (κ2) is 6.66. The normalized spacial score (nSPS) is 13.1. The van der Waals surface area contributed by atoms with Gasteiger partial charge < -0.3 is 9.52 Å². The number of oxazole rings is 1. The Morgan fingerprint density at radius 2 is 1.96 bits per heavy atom. The fourth-order valence-electron chi connectivity index (χ4n) is 2.18. The molecule has 23 heavy (non-hydrogen) atoms. The summed E-state index contributed by atoms with van der Waals surface area (Å²) < 4.78 is 29.8. The van der Waals surface area contributed by atoms with Crippen molar-refractivity contribution in [1.29, 1.82) is 0 Å². The minimum absolute atomic E-state index is 0.258. The van der Waals surface area contributed by atoms with Crippen LogP contribution in [0.4, 0.5) is 0 Å². The van der Waals surface area contributed by atoms with Crippen molar-refractivity contribution in [2.75, 3.05) is 5.75 Å². The van der Waals surface area contributed by atoms with Gasteiger partial charge in [-0.2, -0.15) is 0 Å². The summed E-state index contributed by atoms with van der Waals surface area (Å²) in [5.41, 5.74) is 0.921. The third-order valence-electron chi connectivity index (χ3n) is 3.25. The molecule has 3 rings (SSSR count). The van der Waals surface area contributed by atoms with E-state index in [4.69, 9.17) is 4.42 Å². The first-order valence-corrected chi connectivity index (χ1v) is 9.65. The van der Waals surface area contributed by atoms with E-state index in [1.54, 1.807) is 24.3 Å². The Bertz CT molecular complexity index is 855. The van der Waals surface area contributed by atoms with Crippen molar-refractivity contribution in [3.63, 3.8) is 0 Å². The van der Waals surface area contributed by atoms with Crippen LogP contribution in [0, 0.1) is 0 Å². The molecule has 0 fully saturated rings. The van der Waals surface area contributed by atoms with E-state index in [1.165, 1.54) is 17.6 Å². The summed E-state index contributed by atoms with van der Waals surface area (Å²) >= 11 is 1.47. The van der Waals surface area contributed by atoms with E-state index in [1.807, 2.05) is 23.6 Å². The number of aromatic nitrogens is 1. The molecule has 1 N–H and O–H groups in total. The number of thiophene rings is 1. The molecule has 1 aromatic carbocycles. The van der Waals surface area contributed by atoms with Crippen LogP contribution in [0.1, 0.15) is 17.4 Å². The first-order chi connectivity index (χ1) is 11.0. The lowest BCUT2D eigenvalue weighted by molar-refractivity contribution is 0.201. The van der Waals surface area contributed by atoms with Gasteiger partial charge in [0.05, 0.1) is 28.2 Å². The first kappa shape index (κ1) is 15.9. The number of hydrogen-bond donors (Lipinski definition) is 1. The Labute approximate surface area is 138 Å². The average Bonchev–Trinajstić information content (AvgIpc) is 3.18. The molecule has 2 aromatic heterocycles. The van der Waals surface area contributed by atoms with Gasteiger partial charge in [-0.25, -0.2) is 13.4 Å². The Balaban J connectivity index is 1.69. The van der Waals surface area contributed by atoms with Gasteiger partial charge in [-0.3, -0.25) is 0 Å². The van der Waals surface area contributed by atoms with Crippen LogP contribution in [0.3, 0.4) is 0 Å². The highest BCUT2D eigenvalue weighted by Crippen LogP contribution is 2.24. The number of aliphatic hydroxyl groups is 1. The predicted octanol–water partition coefficient (Wildman–Crippen LogP) is 3.05. The molecule has 120 valence electrons. The van der Waals surface area contributed by atoms with E-state index in [9.17, 15) is 13.5 Å². The Kier molecular flexibility index (Phi) is 4.61. The van der Waals surface area contributed by atoms with Gasteiger partial charge in [0.1, 0.15) is 6.26 Å². The number of hydrogen-bond acceptors (Lipinski definition) is 6. The zero-order chi connectivity index (χ0) is 16.3. The van der Waals surface area contributed by atoms with Gasteiger partial charge >= 0.3 is 0 Å². The van der Waals surface area contributed by atoms with E-state index in [-0.39, 0.29) is 11.5 Å². The molecule has 0 bridgehead atoms. The second-order valence-corrected chi connectivity index (χ2v) is 8.16. The largest absolute Gasteiger partial charge is 0.444 e. The van der Waals surface area contributed by atoms with Crippen molar-refractivity contribution in [3.05, 3.63) is 65.4 Å². The van der Waals surface area contributed by atoms with Crippen LogP contribution < -0.4 is 0 Å². The standard InChI is InChI=1S/C16H15NO4S2/c18-14(12-5-2-1-3-6-12)11-23(19,20)10-13-9-21-16(17-13)15-7-4-8-22-15/h1-9,14,18H,10-11H2/t14-/m1/s1. The molecule has 0 aliphatic carbocycles. The Morgan fingerprint density at radius 3 is 2.65 bits per heavy atom. The van der Waals surface area contributed by atoms with E-state index in [0.717, 1.165) is 4.88 Å². The van der Waals surface area contributed by atoms with Crippen LogP contribution in [-0.2, 0) is 15.6 Å². The molecule has 0 saturated carbocycles. The summed E-state index contributed by atoms with van der Waals surface area (Å²) in [6.07, 6.45) is 0.298. The zero-order valence-corrected chi connectivity index (χ0v) is 13.8. The minimum Gasteiger partial charge on any atom is -0.444 e. The first-order valence-electron chi connectivity index (χ1n) is 6.95. The highest BCUT2D eigenvalue weighted by Gasteiger charge is 2.21. The zero-order valence-electron chi connectivity index (χ0n) is 12.1. The monoisotopic (exact) mass is 349 g/mol. The fourth-order valence-corrected chi connectivity index (χ4v) is 4.21. The van der Waals surface area contributed by atoms with Gasteiger partial charge in [-0.1, -0.05) is 36.4 Å². The molecular weight excluding hydrogens is 334 g/mol. The van der Waals surface area contributed by atoms with Crippen LogP contribution in [0.15, 0.2) is 58.5 Å². The predicted molar refractivity (Wildman–Crippen MR) is 88.7 cm³/mol. The average molecular weight is 349 g/mol. The summed E-state index contributed by atoms with van der Waals surface area (Å²) in [5.74, 6) is -0.196. The molecule has 0 radical (unpaired) electrons. The smallest absolute Gasteiger partial charge is 0.236 e. The lowest BCUT2D eigenvalue weighted by Crippen LogP contribution is -2.16. The summed E-state index contributed by atoms with van der Waals surface area (Å²) in [4.78, 5) is 5.05. The van der Waals surface area contributed by atoms with E-state index >= 15 is 0 Å². The van der Waals surface area contributed by atoms with Crippen molar-refractivity contribution in [2.45, 2.75) is 11.9 Å². The topological polar surface area (TPSA) is 80.4 Å². The van der Waals surface area contributed by atoms with E-state index in [2.05, 4.69) is 4.98 Å². The maximum absolute atomic E-state index is 12.2. The summed E-state index contributed by atoms with van der Waals surface area (Å²) in [5, 5.41) is 12.0. The van der Waals surface area contributed by atoms with Gasteiger partial charge in [0.15, 0.2) is 9.84 Å². The highest BCUT2D eigenvalue weighted by atomic mass is 32.2. The van der Waals surface area contributed by atoms with Crippen LogP contribution in [0.5, 0.6) is 0 Å². The third kappa shape index (κ3) is 4.07. The summed E-state index contributed by atoms with van der Waals surface area (Å²) in [7, 11) is -3.51. The number of sulfone groups is 1. The molecule has 0 saturated heterocycles. The van der Waals surface area contributed by atoms with Crippen molar-refractivity contribution in [1.82, 2.24) is 4.98 Å². The van der Waals surface area contributed by atoms with Crippen molar-refractivity contribution in [2.24, 2.45) is 0 Å². The Hall–Kier alpha value is -1.96. The highest BCUT2D eigenvalue weighted by molar-refractivity contribution is 7.90. The number of benzene rings is 1. The summed E-state index contributed by atoms with van der Waals surface area (Å²) in [6.45, 7) is 0. The molecule has 0 aliphatic rings. The number of nitrogens with zero attached hydrogens (tertiary/aromatic N) is 1. The van der Waals surface area contributed by atoms with Gasteiger partial charge in [-0.05, 0) is 17.0 Å². The van der Waals surface area contributed by atoms with E-state index < -0.39 is 15.9 Å². The number of rotatable bonds is 6. The van der Waals surface area contributed by atoms with Gasteiger partial charge in [-0.15, -0.1) is 11.3 Å². The third-order valence-corrected chi connectivity index (χ3v) is 5.66. The lowest BCUT2D eigenvalue weighted by atomic mass is 10.1. The van der Waals surface area contributed by atoms with Gasteiger partial charge in [0, 0.05) is 0 Å². The Morgan fingerprint density at radius 1 is 1.17 bits per heavy atom. The minimum atomic E-state index is -3.51. The molecule has 1 atom stereocenters. The van der Waals surface area contributed by atoms with Crippen molar-refractivity contribution in [3.8, 4) is 10.8 Å². The second-order valence-electron chi connectivity index (χ2n) is 5.10. The van der Waals surface area contributed by atoms with E-state index in [0.29, 0.717) is 17.1 Å². The SMILES string of the molecule is O=S(=O)(Cc1coc(-c2cccs2)n1)C[C@@H](O)c1ccccc1.